The van der Waals surface area contributed by atoms with Crippen molar-refractivity contribution in [1.82, 2.24) is 19.6 Å². The van der Waals surface area contributed by atoms with Crippen molar-refractivity contribution in [3.8, 4) is 34.1 Å². The molecule has 0 aliphatic heterocycles. The molecule has 0 radical (unpaired) electrons. The van der Waals surface area contributed by atoms with Crippen molar-refractivity contribution in [3.05, 3.63) is 159 Å². The van der Waals surface area contributed by atoms with E-state index in [9.17, 15) is 35.5 Å². The topological polar surface area (TPSA) is 73.6 Å². The molecule has 53 heavy (non-hydrogen) atoms. The van der Waals surface area contributed by atoms with Crippen LogP contribution in [0.25, 0.3) is 32.2 Å². The number of aromatic amines is 1. The average Bonchev–Trinajstić information content (AvgIpc) is 3.74. The fourth-order valence-electron chi connectivity index (χ4n) is 4.77. The summed E-state index contributed by atoms with van der Waals surface area (Å²) in [5.41, 5.74) is 2.68. The van der Waals surface area contributed by atoms with Crippen molar-refractivity contribution in [2.75, 3.05) is 0 Å². The molecule has 0 unspecified atom stereocenters. The molecule has 0 aliphatic carbocycles. The average molecular weight is 735 g/mol. The summed E-state index contributed by atoms with van der Waals surface area (Å²) >= 11 is 0. The largest absolute Gasteiger partial charge is 0.438 e. The number of aromatic nitrogens is 4. The van der Waals surface area contributed by atoms with E-state index in [2.05, 4.69) is 19.9 Å². The first kappa shape index (κ1) is 39.2. The minimum Gasteiger partial charge on any atom is -0.438 e. The Kier molecular flexibility index (Phi) is 12.6. The molecule has 0 amide bonds. The van der Waals surface area contributed by atoms with Gasteiger partial charge in [-0.15, -0.1) is 5.10 Å². The molecule has 6 aromatic rings. The third-order valence-corrected chi connectivity index (χ3v) is 7.29. The van der Waals surface area contributed by atoms with Gasteiger partial charge >= 0.3 is 12.4 Å². The van der Waals surface area contributed by atoms with Gasteiger partial charge in [-0.1, -0.05) is 36.4 Å². The highest BCUT2D eigenvalue weighted by Crippen LogP contribution is 2.33. The summed E-state index contributed by atoms with van der Waals surface area (Å²) in [5.74, 6) is -0.131. The Morgan fingerprint density at radius 1 is 0.698 bits per heavy atom. The molecule has 8 nitrogen and oxygen atoms in total. The van der Waals surface area contributed by atoms with E-state index >= 15 is 0 Å². The lowest BCUT2D eigenvalue weighted by Crippen LogP contribution is -2.04. The van der Waals surface area contributed by atoms with Gasteiger partial charge in [-0.25, -0.2) is 14.1 Å². The van der Waals surface area contributed by atoms with Crippen LogP contribution in [0.2, 0.25) is 0 Å². The zero-order valence-corrected chi connectivity index (χ0v) is 28.0. The SMILES string of the molecule is Fc1ccc(C(F)(F)F)cc1.[C-]#[N+]c1cccc(-c2cc(=O)[nH]n2CC)c1.[C-]#[N+]c1cccc(-c2cc(Oc3ccc(C(F)(F)F)cc3)nn2CC)c1. The molecule has 15 heteroatoms. The van der Waals surface area contributed by atoms with Crippen molar-refractivity contribution in [2.24, 2.45) is 0 Å². The maximum Gasteiger partial charge on any atom is 0.416 e. The number of rotatable bonds is 6. The number of benzene rings is 4. The molecule has 0 atom stereocenters. The summed E-state index contributed by atoms with van der Waals surface area (Å²) < 4.78 is 94.4. The van der Waals surface area contributed by atoms with Crippen LogP contribution in [0.1, 0.15) is 25.0 Å². The number of nitrogens with zero attached hydrogens (tertiary/aromatic N) is 5. The number of H-pyrrole nitrogens is 1. The molecule has 0 saturated carbocycles. The fourth-order valence-corrected chi connectivity index (χ4v) is 4.77. The summed E-state index contributed by atoms with van der Waals surface area (Å²) in [6.07, 6.45) is -8.77. The zero-order chi connectivity index (χ0) is 38.8. The molecular formula is C38H29F7N6O2. The molecule has 2 heterocycles. The van der Waals surface area contributed by atoms with Gasteiger partial charge in [-0.05, 0) is 85.6 Å². The normalized spacial score (nSPS) is 10.9. The monoisotopic (exact) mass is 734 g/mol. The molecule has 6 rings (SSSR count). The first-order chi connectivity index (χ1) is 25.1. The lowest BCUT2D eigenvalue weighted by atomic mass is 10.1. The van der Waals surface area contributed by atoms with E-state index in [4.69, 9.17) is 17.9 Å². The number of alkyl halides is 6. The quantitative estimate of drug-likeness (QED) is 0.137. The Hall–Kier alpha value is -6.61. The maximum absolute atomic E-state index is 12.6. The number of hydrogen-bond acceptors (Lipinski definition) is 3. The molecule has 2 aromatic heterocycles. The highest BCUT2D eigenvalue weighted by molar-refractivity contribution is 5.67. The van der Waals surface area contributed by atoms with Crippen molar-refractivity contribution in [3.63, 3.8) is 0 Å². The van der Waals surface area contributed by atoms with E-state index in [0.29, 0.717) is 36.6 Å². The van der Waals surface area contributed by atoms with Crippen LogP contribution in [0.3, 0.4) is 0 Å². The Morgan fingerprint density at radius 2 is 1.21 bits per heavy atom. The molecule has 272 valence electrons. The number of aryl methyl sites for hydroxylation is 2. The lowest BCUT2D eigenvalue weighted by molar-refractivity contribution is -0.138. The van der Waals surface area contributed by atoms with E-state index in [0.717, 1.165) is 46.8 Å². The van der Waals surface area contributed by atoms with Gasteiger partial charge in [0.25, 0.3) is 5.56 Å². The van der Waals surface area contributed by atoms with Gasteiger partial charge in [0.15, 0.2) is 11.4 Å². The number of halogens is 7. The van der Waals surface area contributed by atoms with E-state index in [1.807, 2.05) is 32.0 Å². The first-order valence-corrected chi connectivity index (χ1v) is 15.7. The zero-order valence-electron chi connectivity index (χ0n) is 28.0. The minimum absolute atomic E-state index is 0.120. The molecule has 4 aromatic carbocycles. The molecule has 0 aliphatic rings. The maximum atomic E-state index is 12.6. The van der Waals surface area contributed by atoms with Crippen LogP contribution < -0.4 is 10.3 Å². The summed E-state index contributed by atoms with van der Waals surface area (Å²) in [7, 11) is 0. The van der Waals surface area contributed by atoms with Gasteiger partial charge in [0, 0.05) is 25.2 Å². The van der Waals surface area contributed by atoms with Crippen molar-refractivity contribution < 1.29 is 35.5 Å². The van der Waals surface area contributed by atoms with Crippen LogP contribution in [0.15, 0.2) is 114 Å². The molecule has 0 spiro atoms. The number of hydrogen-bond donors (Lipinski definition) is 1. The Labute approximate surface area is 299 Å². The van der Waals surface area contributed by atoms with Gasteiger partial charge in [-0.3, -0.25) is 19.3 Å². The van der Waals surface area contributed by atoms with Crippen molar-refractivity contribution >= 4 is 11.4 Å². The molecule has 0 bridgehead atoms. The summed E-state index contributed by atoms with van der Waals surface area (Å²) in [6.45, 7) is 19.2. The summed E-state index contributed by atoms with van der Waals surface area (Å²) in [5, 5.41) is 7.04. The van der Waals surface area contributed by atoms with E-state index in [1.165, 1.54) is 12.1 Å². The summed E-state index contributed by atoms with van der Waals surface area (Å²) in [4.78, 5) is 18.0. The fraction of sp³-hybridized carbons (Fsp3) is 0.158. The highest BCUT2D eigenvalue weighted by atomic mass is 19.4. The van der Waals surface area contributed by atoms with Crippen LogP contribution in [-0.4, -0.2) is 19.6 Å². The van der Waals surface area contributed by atoms with Gasteiger partial charge in [0.05, 0.1) is 35.7 Å². The van der Waals surface area contributed by atoms with Gasteiger partial charge < -0.3 is 4.74 Å². The third-order valence-electron chi connectivity index (χ3n) is 7.29. The summed E-state index contributed by atoms with van der Waals surface area (Å²) in [6, 6.07) is 25.0. The Bertz CT molecular complexity index is 2270. The van der Waals surface area contributed by atoms with Crippen LogP contribution in [0, 0.1) is 19.0 Å². The standard InChI is InChI=1S/C19H14F3N3O.C12H11N3O.C7H4F4/c1-3-25-17(13-5-4-6-15(11-13)23-2)12-18(24-25)26-16-9-7-14(8-10-16)19(20,21)22;1-3-15-11(8-12(16)14-15)9-5-4-6-10(7-9)13-2;8-6-3-1-5(2-4-6)7(9,10)11/h4-12H,3H2,1H3;4-8H,3H2,1H3,(H,14,16);1-4H. The van der Waals surface area contributed by atoms with Crippen molar-refractivity contribution in [2.45, 2.75) is 39.3 Å². The molecule has 1 N–H and O–H groups in total. The van der Waals surface area contributed by atoms with Crippen LogP contribution >= 0.6 is 0 Å². The molecule has 0 saturated heterocycles. The predicted octanol–water partition coefficient (Wildman–Crippen LogP) is 11.2. The highest BCUT2D eigenvalue weighted by Gasteiger charge is 2.30. The predicted molar refractivity (Wildman–Crippen MR) is 185 cm³/mol. The lowest BCUT2D eigenvalue weighted by Gasteiger charge is -2.07. The van der Waals surface area contributed by atoms with Crippen LogP contribution in [0.4, 0.5) is 42.1 Å². The van der Waals surface area contributed by atoms with E-state index in [-0.39, 0.29) is 17.2 Å². The van der Waals surface area contributed by atoms with E-state index in [1.54, 1.807) is 51.8 Å². The van der Waals surface area contributed by atoms with Crippen LogP contribution in [0.5, 0.6) is 11.6 Å². The number of nitrogens with one attached hydrogen (secondary N) is 1. The second-order valence-electron chi connectivity index (χ2n) is 10.9. The molecule has 0 fully saturated rings. The van der Waals surface area contributed by atoms with Crippen LogP contribution in [-0.2, 0) is 25.4 Å². The van der Waals surface area contributed by atoms with Gasteiger partial charge in [0.2, 0.25) is 5.88 Å². The van der Waals surface area contributed by atoms with Gasteiger partial charge in [-0.2, -0.15) is 26.3 Å². The second-order valence-corrected chi connectivity index (χ2v) is 10.9. The minimum atomic E-state index is -4.39. The van der Waals surface area contributed by atoms with Crippen molar-refractivity contribution in [1.29, 1.82) is 0 Å². The number of ether oxygens (including phenoxy) is 1. The Morgan fingerprint density at radius 3 is 1.68 bits per heavy atom. The molecular weight excluding hydrogens is 705 g/mol. The first-order valence-electron chi connectivity index (χ1n) is 15.7. The smallest absolute Gasteiger partial charge is 0.416 e. The Balaban J connectivity index is 0.000000197. The van der Waals surface area contributed by atoms with Gasteiger partial charge in [0.1, 0.15) is 11.6 Å². The third kappa shape index (κ3) is 10.7. The van der Waals surface area contributed by atoms with E-state index < -0.39 is 29.3 Å². The second kappa shape index (κ2) is 17.1.